The molecule has 110 valence electrons. The van der Waals surface area contributed by atoms with Gasteiger partial charge in [-0.2, -0.15) is 0 Å². The van der Waals surface area contributed by atoms with E-state index in [1.165, 1.54) is 12.7 Å². The largest absolute Gasteiger partial charge is 0.465 e. The van der Waals surface area contributed by atoms with Gasteiger partial charge in [0.15, 0.2) is 0 Å². The molecule has 1 aliphatic carbocycles. The molecule has 0 N–H and O–H groups in total. The maximum absolute atomic E-state index is 12.0. The zero-order valence-electron chi connectivity index (χ0n) is 12.2. The van der Waals surface area contributed by atoms with Crippen molar-refractivity contribution in [3.63, 3.8) is 0 Å². The van der Waals surface area contributed by atoms with Gasteiger partial charge in [-0.15, -0.1) is 0 Å². The van der Waals surface area contributed by atoms with Crippen LogP contribution in [-0.2, 0) is 9.53 Å². The van der Waals surface area contributed by atoms with Gasteiger partial charge < -0.3 is 9.64 Å². The van der Waals surface area contributed by atoms with E-state index in [1.807, 2.05) is 23.1 Å². The second-order valence-corrected chi connectivity index (χ2v) is 5.61. The van der Waals surface area contributed by atoms with Crippen LogP contribution in [0.15, 0.2) is 30.3 Å². The summed E-state index contributed by atoms with van der Waals surface area (Å²) in [7, 11) is 1.39. The number of methoxy groups -OCH3 is 1. The van der Waals surface area contributed by atoms with Crippen molar-refractivity contribution in [1.82, 2.24) is 4.90 Å². The van der Waals surface area contributed by atoms with Crippen LogP contribution in [0.2, 0.25) is 0 Å². The van der Waals surface area contributed by atoms with Crippen LogP contribution >= 0.6 is 0 Å². The molecule has 4 heteroatoms. The first-order chi connectivity index (χ1) is 10.2. The summed E-state index contributed by atoms with van der Waals surface area (Å²) in [4.78, 5) is 25.5. The molecule has 4 nitrogen and oxygen atoms in total. The minimum Gasteiger partial charge on any atom is -0.465 e. The summed E-state index contributed by atoms with van der Waals surface area (Å²) < 4.78 is 4.75. The summed E-state index contributed by atoms with van der Waals surface area (Å²) in [6, 6.07) is 7.47. The molecule has 1 aromatic carbocycles. The number of carbonyl (C=O) groups excluding carboxylic acids is 2. The van der Waals surface area contributed by atoms with Crippen LogP contribution < -0.4 is 0 Å². The Balaban J connectivity index is 1.73. The van der Waals surface area contributed by atoms with Gasteiger partial charge in [-0.05, 0) is 42.5 Å². The van der Waals surface area contributed by atoms with Crippen molar-refractivity contribution in [1.29, 1.82) is 0 Å². The summed E-state index contributed by atoms with van der Waals surface area (Å²) in [6.07, 6.45) is 5.03. The van der Waals surface area contributed by atoms with E-state index in [0.29, 0.717) is 18.0 Å². The molecule has 0 unspecified atom stereocenters. The predicted molar refractivity (Wildman–Crippen MR) is 79.7 cm³/mol. The number of hydrogen-bond acceptors (Lipinski definition) is 3. The highest BCUT2D eigenvalue weighted by molar-refractivity contribution is 5.90. The average molecular weight is 285 g/mol. The Morgan fingerprint density at radius 2 is 2.10 bits per heavy atom. The lowest BCUT2D eigenvalue weighted by Gasteiger charge is -2.26. The predicted octanol–water partition coefficient (Wildman–Crippen LogP) is 2.50. The molecule has 1 aromatic rings. The molecule has 0 radical (unpaired) electrons. The van der Waals surface area contributed by atoms with Gasteiger partial charge in [0.2, 0.25) is 5.91 Å². The lowest BCUT2D eigenvalue weighted by molar-refractivity contribution is -0.132. The Hall–Kier alpha value is -2.10. The second-order valence-electron chi connectivity index (χ2n) is 5.61. The Kier molecular flexibility index (Phi) is 3.78. The zero-order valence-corrected chi connectivity index (χ0v) is 12.2. The molecule has 1 fully saturated rings. The molecule has 1 heterocycles. The second kappa shape index (κ2) is 5.72. The molecule has 21 heavy (non-hydrogen) atoms. The number of esters is 1. The van der Waals surface area contributed by atoms with Crippen LogP contribution in [0.3, 0.4) is 0 Å². The van der Waals surface area contributed by atoms with Gasteiger partial charge in [0.25, 0.3) is 0 Å². The lowest BCUT2D eigenvalue weighted by Crippen LogP contribution is -2.35. The molecule has 0 bridgehead atoms. The van der Waals surface area contributed by atoms with E-state index in [1.54, 1.807) is 6.07 Å². The number of rotatable bonds is 3. The van der Waals surface area contributed by atoms with Gasteiger partial charge in [0, 0.05) is 19.0 Å². The highest BCUT2D eigenvalue weighted by atomic mass is 16.5. The maximum atomic E-state index is 12.0. The lowest BCUT2D eigenvalue weighted by atomic mass is 9.97. The van der Waals surface area contributed by atoms with E-state index < -0.39 is 0 Å². The SMILES string of the molecule is COC(=O)c1cccc(C2=CCN(C(=O)C3CC3)CC2)c1. The Bertz CT molecular complexity index is 602. The topological polar surface area (TPSA) is 46.6 Å². The van der Waals surface area contributed by atoms with E-state index in [9.17, 15) is 9.59 Å². The van der Waals surface area contributed by atoms with E-state index in [-0.39, 0.29) is 11.9 Å². The van der Waals surface area contributed by atoms with E-state index in [2.05, 4.69) is 6.08 Å². The summed E-state index contributed by atoms with van der Waals surface area (Å²) in [6.45, 7) is 1.44. The molecule has 1 amide bonds. The van der Waals surface area contributed by atoms with Crippen LogP contribution in [0.5, 0.6) is 0 Å². The fourth-order valence-corrected chi connectivity index (χ4v) is 2.68. The number of ether oxygens (including phenoxy) is 1. The molecule has 1 aliphatic heterocycles. The number of carbonyl (C=O) groups is 2. The van der Waals surface area contributed by atoms with Crippen molar-refractivity contribution in [3.8, 4) is 0 Å². The number of hydrogen-bond donors (Lipinski definition) is 0. The highest BCUT2D eigenvalue weighted by Gasteiger charge is 2.33. The number of nitrogens with zero attached hydrogens (tertiary/aromatic N) is 1. The van der Waals surface area contributed by atoms with Gasteiger partial charge >= 0.3 is 5.97 Å². The standard InChI is InChI=1S/C17H19NO3/c1-21-17(20)15-4-2-3-14(11-15)12-7-9-18(10-8-12)16(19)13-5-6-13/h2-4,7,11,13H,5-6,8-10H2,1H3. The normalized spacial score (nSPS) is 18.1. The van der Waals surface area contributed by atoms with Crippen molar-refractivity contribution >= 4 is 17.4 Å². The van der Waals surface area contributed by atoms with Crippen LogP contribution in [0.25, 0.3) is 5.57 Å². The number of benzene rings is 1. The quantitative estimate of drug-likeness (QED) is 0.802. The molecule has 0 atom stereocenters. The fourth-order valence-electron chi connectivity index (χ4n) is 2.68. The van der Waals surface area contributed by atoms with Crippen molar-refractivity contribution in [3.05, 3.63) is 41.5 Å². The van der Waals surface area contributed by atoms with Gasteiger partial charge in [0.05, 0.1) is 12.7 Å². The van der Waals surface area contributed by atoms with Crippen LogP contribution in [0.4, 0.5) is 0 Å². The van der Waals surface area contributed by atoms with Crippen molar-refractivity contribution < 1.29 is 14.3 Å². The molecule has 3 rings (SSSR count). The van der Waals surface area contributed by atoms with Crippen LogP contribution in [0.1, 0.15) is 35.2 Å². The third kappa shape index (κ3) is 2.99. The minimum atomic E-state index is -0.321. The minimum absolute atomic E-state index is 0.280. The summed E-state index contributed by atoms with van der Waals surface area (Å²) >= 11 is 0. The van der Waals surface area contributed by atoms with Gasteiger partial charge in [-0.1, -0.05) is 18.2 Å². The van der Waals surface area contributed by atoms with Crippen molar-refractivity contribution in [2.45, 2.75) is 19.3 Å². The monoisotopic (exact) mass is 285 g/mol. The molecular formula is C17H19NO3. The maximum Gasteiger partial charge on any atom is 0.337 e. The van der Waals surface area contributed by atoms with E-state index in [4.69, 9.17) is 4.74 Å². The van der Waals surface area contributed by atoms with Crippen molar-refractivity contribution in [2.75, 3.05) is 20.2 Å². The van der Waals surface area contributed by atoms with Crippen molar-refractivity contribution in [2.24, 2.45) is 5.92 Å². The molecule has 0 spiro atoms. The van der Waals surface area contributed by atoms with Crippen LogP contribution in [-0.4, -0.2) is 37.0 Å². The van der Waals surface area contributed by atoms with E-state index >= 15 is 0 Å². The molecule has 1 saturated carbocycles. The average Bonchev–Trinajstić information content (AvgIpc) is 3.38. The third-order valence-corrected chi connectivity index (χ3v) is 4.10. The highest BCUT2D eigenvalue weighted by Crippen LogP contribution is 2.32. The summed E-state index contributed by atoms with van der Waals surface area (Å²) in [5, 5.41) is 0. The first-order valence-corrected chi connectivity index (χ1v) is 7.35. The summed E-state index contributed by atoms with van der Waals surface area (Å²) in [5.41, 5.74) is 2.80. The molecule has 2 aliphatic rings. The Morgan fingerprint density at radius 3 is 2.71 bits per heavy atom. The smallest absolute Gasteiger partial charge is 0.337 e. The summed E-state index contributed by atoms with van der Waals surface area (Å²) in [5.74, 6) is 0.259. The van der Waals surface area contributed by atoms with E-state index in [0.717, 1.165) is 31.4 Å². The van der Waals surface area contributed by atoms with Gasteiger partial charge in [-0.3, -0.25) is 4.79 Å². The molecule has 0 aromatic heterocycles. The Labute approximate surface area is 124 Å². The first kappa shape index (κ1) is 13.9. The molecule has 0 saturated heterocycles. The van der Waals surface area contributed by atoms with Gasteiger partial charge in [-0.25, -0.2) is 4.79 Å². The fraction of sp³-hybridized carbons (Fsp3) is 0.412. The first-order valence-electron chi connectivity index (χ1n) is 7.35. The van der Waals surface area contributed by atoms with Gasteiger partial charge in [0.1, 0.15) is 0 Å². The Morgan fingerprint density at radius 1 is 1.29 bits per heavy atom. The van der Waals surface area contributed by atoms with Crippen LogP contribution in [0, 0.1) is 5.92 Å². The third-order valence-electron chi connectivity index (χ3n) is 4.10. The zero-order chi connectivity index (χ0) is 14.8. The molecular weight excluding hydrogens is 266 g/mol. The number of amides is 1.